The van der Waals surface area contributed by atoms with Gasteiger partial charge in [0, 0.05) is 10.0 Å². The second-order valence-electron chi connectivity index (χ2n) is 5.58. The quantitative estimate of drug-likeness (QED) is 0.860. The Labute approximate surface area is 133 Å². The molecule has 110 valence electrons. The van der Waals surface area contributed by atoms with Crippen molar-refractivity contribution in [1.29, 1.82) is 0 Å². The molecule has 0 bridgehead atoms. The first kappa shape index (κ1) is 14.6. The molecule has 21 heavy (non-hydrogen) atoms. The third-order valence-corrected chi connectivity index (χ3v) is 5.05. The van der Waals surface area contributed by atoms with Crippen molar-refractivity contribution in [3.8, 4) is 5.75 Å². The molecule has 1 atom stereocenters. The lowest BCUT2D eigenvalue weighted by molar-refractivity contribution is 0.219. The van der Waals surface area contributed by atoms with E-state index < -0.39 is 6.10 Å². The van der Waals surface area contributed by atoms with E-state index in [4.69, 9.17) is 4.74 Å². The van der Waals surface area contributed by atoms with Crippen LogP contribution in [0.3, 0.4) is 0 Å². The molecule has 2 nitrogen and oxygen atoms in total. The molecule has 0 saturated heterocycles. The molecule has 2 aromatic carbocycles. The van der Waals surface area contributed by atoms with Gasteiger partial charge in [-0.3, -0.25) is 0 Å². The van der Waals surface area contributed by atoms with Gasteiger partial charge in [0.15, 0.2) is 0 Å². The molecule has 1 unspecified atom stereocenters. The summed E-state index contributed by atoms with van der Waals surface area (Å²) in [7, 11) is 1.63. The van der Waals surface area contributed by atoms with Crippen LogP contribution in [0.15, 0.2) is 46.9 Å². The molecule has 3 rings (SSSR count). The molecular weight excluding hydrogens is 328 g/mol. The monoisotopic (exact) mass is 346 g/mol. The van der Waals surface area contributed by atoms with Crippen molar-refractivity contribution in [1.82, 2.24) is 0 Å². The molecule has 0 radical (unpaired) electrons. The van der Waals surface area contributed by atoms with E-state index in [1.165, 1.54) is 24.8 Å². The predicted octanol–water partition coefficient (Wildman–Crippen LogP) is 4.81. The lowest BCUT2D eigenvalue weighted by Crippen LogP contribution is -2.09. The second kappa shape index (κ2) is 6.20. The van der Waals surface area contributed by atoms with E-state index in [9.17, 15) is 5.11 Å². The van der Waals surface area contributed by atoms with Crippen molar-refractivity contribution in [3.63, 3.8) is 0 Å². The fourth-order valence-electron chi connectivity index (χ4n) is 2.73. The van der Waals surface area contributed by atoms with Gasteiger partial charge in [-0.2, -0.15) is 0 Å². The zero-order chi connectivity index (χ0) is 14.8. The minimum atomic E-state index is -0.648. The van der Waals surface area contributed by atoms with Crippen molar-refractivity contribution in [2.24, 2.45) is 0 Å². The van der Waals surface area contributed by atoms with Crippen molar-refractivity contribution >= 4 is 15.9 Å². The van der Waals surface area contributed by atoms with Crippen molar-refractivity contribution < 1.29 is 9.84 Å². The summed E-state index contributed by atoms with van der Waals surface area (Å²) in [6, 6.07) is 14.0. The van der Waals surface area contributed by atoms with E-state index in [1.54, 1.807) is 7.11 Å². The lowest BCUT2D eigenvalue weighted by Gasteiger charge is -2.26. The van der Waals surface area contributed by atoms with E-state index in [2.05, 4.69) is 28.1 Å². The summed E-state index contributed by atoms with van der Waals surface area (Å²) in [6.07, 6.45) is 3.28. The maximum Gasteiger partial charge on any atom is 0.119 e. The molecule has 1 fully saturated rings. The normalized spacial score (nSPS) is 16.3. The summed E-state index contributed by atoms with van der Waals surface area (Å²) in [4.78, 5) is 0. The Hall–Kier alpha value is -1.32. The van der Waals surface area contributed by atoms with Gasteiger partial charge >= 0.3 is 0 Å². The third-order valence-electron chi connectivity index (χ3n) is 4.33. The molecule has 2 aromatic rings. The van der Waals surface area contributed by atoms with Gasteiger partial charge in [0.05, 0.1) is 7.11 Å². The number of rotatable bonds is 4. The van der Waals surface area contributed by atoms with Crippen LogP contribution in [0.4, 0.5) is 0 Å². The summed E-state index contributed by atoms with van der Waals surface area (Å²) < 4.78 is 6.12. The van der Waals surface area contributed by atoms with Gasteiger partial charge in [-0.1, -0.05) is 46.6 Å². The van der Waals surface area contributed by atoms with Crippen LogP contribution < -0.4 is 4.74 Å². The topological polar surface area (TPSA) is 29.5 Å². The summed E-state index contributed by atoms with van der Waals surface area (Å²) in [5.41, 5.74) is 3.12. The molecule has 1 N–H and O–H groups in total. The first-order valence-corrected chi connectivity index (χ1v) is 8.09. The van der Waals surface area contributed by atoms with Gasteiger partial charge in [0.1, 0.15) is 11.9 Å². The Kier molecular flexibility index (Phi) is 4.32. The van der Waals surface area contributed by atoms with E-state index in [1.807, 2.05) is 30.3 Å². The molecule has 0 aliphatic heterocycles. The number of hydrogen-bond acceptors (Lipinski definition) is 2. The highest BCUT2D eigenvalue weighted by Crippen LogP contribution is 2.37. The zero-order valence-electron chi connectivity index (χ0n) is 12.1. The summed E-state index contributed by atoms with van der Waals surface area (Å²) >= 11 is 3.50. The van der Waals surface area contributed by atoms with Crippen molar-refractivity contribution in [2.45, 2.75) is 31.3 Å². The molecule has 0 spiro atoms. The maximum absolute atomic E-state index is 10.6. The Bertz CT molecular complexity index is 618. The Morgan fingerprint density at radius 3 is 2.43 bits per heavy atom. The number of aliphatic hydroxyl groups is 1. The van der Waals surface area contributed by atoms with Crippen LogP contribution in [-0.4, -0.2) is 12.2 Å². The van der Waals surface area contributed by atoms with Gasteiger partial charge in [-0.05, 0) is 48.1 Å². The molecule has 1 aliphatic carbocycles. The Morgan fingerprint density at radius 2 is 1.86 bits per heavy atom. The smallest absolute Gasteiger partial charge is 0.119 e. The largest absolute Gasteiger partial charge is 0.497 e. The van der Waals surface area contributed by atoms with Gasteiger partial charge in [-0.15, -0.1) is 0 Å². The predicted molar refractivity (Wildman–Crippen MR) is 87.8 cm³/mol. The standard InChI is InChI=1S/C18H19BrO2/c1-21-15-9-10-17(19)16(11-15)18(20)14-7-5-13(6-8-14)12-3-2-4-12/h5-12,18,20H,2-4H2,1H3. The minimum absolute atomic E-state index is 0.648. The van der Waals surface area contributed by atoms with Crippen LogP contribution in [0.25, 0.3) is 0 Å². The molecule has 0 heterocycles. The number of aliphatic hydroxyl groups excluding tert-OH is 1. The highest BCUT2D eigenvalue weighted by atomic mass is 79.9. The molecule has 1 aliphatic rings. The summed E-state index contributed by atoms with van der Waals surface area (Å²) in [5.74, 6) is 1.47. The average molecular weight is 347 g/mol. The number of methoxy groups -OCH3 is 1. The molecule has 1 saturated carbocycles. The second-order valence-corrected chi connectivity index (χ2v) is 6.44. The zero-order valence-corrected chi connectivity index (χ0v) is 13.6. The highest BCUT2D eigenvalue weighted by molar-refractivity contribution is 9.10. The summed E-state index contributed by atoms with van der Waals surface area (Å²) in [5, 5.41) is 10.6. The first-order valence-electron chi connectivity index (χ1n) is 7.30. The van der Waals surface area contributed by atoms with Gasteiger partial charge in [0.25, 0.3) is 0 Å². The van der Waals surface area contributed by atoms with Crippen molar-refractivity contribution in [3.05, 3.63) is 63.6 Å². The third kappa shape index (κ3) is 2.99. The first-order chi connectivity index (χ1) is 10.2. The van der Waals surface area contributed by atoms with Gasteiger partial charge in [0.2, 0.25) is 0 Å². The summed E-state index contributed by atoms with van der Waals surface area (Å²) in [6.45, 7) is 0. The lowest BCUT2D eigenvalue weighted by atomic mass is 9.80. The average Bonchev–Trinajstić information content (AvgIpc) is 2.46. The number of halogens is 1. The molecular formula is C18H19BrO2. The van der Waals surface area contributed by atoms with Crippen LogP contribution in [0.2, 0.25) is 0 Å². The number of benzene rings is 2. The van der Waals surface area contributed by atoms with E-state index in [0.717, 1.165) is 27.3 Å². The number of ether oxygens (including phenoxy) is 1. The van der Waals surface area contributed by atoms with E-state index in [-0.39, 0.29) is 0 Å². The number of hydrogen-bond donors (Lipinski definition) is 1. The SMILES string of the molecule is COc1ccc(Br)c(C(O)c2ccc(C3CCC3)cc2)c1. The fourth-order valence-corrected chi connectivity index (χ4v) is 3.19. The maximum atomic E-state index is 10.6. The fraction of sp³-hybridized carbons (Fsp3) is 0.333. The van der Waals surface area contributed by atoms with Crippen LogP contribution in [0, 0.1) is 0 Å². The van der Waals surface area contributed by atoms with Crippen molar-refractivity contribution in [2.75, 3.05) is 7.11 Å². The Morgan fingerprint density at radius 1 is 1.14 bits per heavy atom. The Balaban J connectivity index is 1.85. The van der Waals surface area contributed by atoms with Crippen LogP contribution in [0.1, 0.15) is 48.0 Å². The molecule has 0 amide bonds. The minimum Gasteiger partial charge on any atom is -0.497 e. The van der Waals surface area contributed by atoms with Gasteiger partial charge < -0.3 is 9.84 Å². The molecule has 0 aromatic heterocycles. The van der Waals surface area contributed by atoms with E-state index in [0.29, 0.717) is 0 Å². The molecule has 3 heteroatoms. The van der Waals surface area contributed by atoms with Crippen LogP contribution in [0.5, 0.6) is 5.75 Å². The van der Waals surface area contributed by atoms with Gasteiger partial charge in [-0.25, -0.2) is 0 Å². The van der Waals surface area contributed by atoms with E-state index >= 15 is 0 Å². The van der Waals surface area contributed by atoms with Crippen LogP contribution >= 0.6 is 15.9 Å². The van der Waals surface area contributed by atoms with Crippen LogP contribution in [-0.2, 0) is 0 Å². The highest BCUT2D eigenvalue weighted by Gasteiger charge is 2.20.